The van der Waals surface area contributed by atoms with Gasteiger partial charge < -0.3 is 10.1 Å². The number of allylic oxidation sites excluding steroid dienone is 1. The Morgan fingerprint density at radius 1 is 1.23 bits per heavy atom. The van der Waals surface area contributed by atoms with Crippen LogP contribution < -0.4 is 10.1 Å². The van der Waals surface area contributed by atoms with Crippen molar-refractivity contribution in [1.82, 2.24) is 10.2 Å². The Morgan fingerprint density at radius 3 is 2.46 bits per heavy atom. The fourth-order valence-electron chi connectivity index (χ4n) is 2.82. The van der Waals surface area contributed by atoms with E-state index in [-0.39, 0.29) is 36.6 Å². The Bertz CT molecular complexity index is 543. The molecule has 1 aromatic rings. The highest BCUT2D eigenvalue weighted by Gasteiger charge is 2.44. The summed E-state index contributed by atoms with van der Waals surface area (Å²) in [6.07, 6.45) is -5.01. The SMILES string of the molecule is C=CCC[C@H](c1cccc(OC(F)(F)C(F)F)c1)N1CCNCC1.Cl.Cl. The van der Waals surface area contributed by atoms with E-state index in [4.69, 9.17) is 0 Å². The van der Waals surface area contributed by atoms with Crippen LogP contribution in [0.15, 0.2) is 36.9 Å². The van der Waals surface area contributed by atoms with Crippen LogP contribution in [0.1, 0.15) is 24.4 Å². The Balaban J connectivity index is 0.00000312. The average Bonchev–Trinajstić information content (AvgIpc) is 2.56. The lowest BCUT2D eigenvalue weighted by molar-refractivity contribution is -0.253. The van der Waals surface area contributed by atoms with Crippen LogP contribution in [0.25, 0.3) is 0 Å². The number of hydrogen-bond donors (Lipinski definition) is 1. The van der Waals surface area contributed by atoms with E-state index in [9.17, 15) is 17.6 Å². The maximum atomic E-state index is 13.1. The predicted molar refractivity (Wildman–Crippen MR) is 99.1 cm³/mol. The molecule has 2 rings (SSSR count). The van der Waals surface area contributed by atoms with Gasteiger partial charge in [-0.15, -0.1) is 31.4 Å². The number of rotatable bonds is 8. The van der Waals surface area contributed by atoms with Crippen molar-refractivity contribution in [3.05, 3.63) is 42.5 Å². The first-order valence-corrected chi connectivity index (χ1v) is 7.94. The molecule has 26 heavy (non-hydrogen) atoms. The lowest BCUT2D eigenvalue weighted by Crippen LogP contribution is -2.45. The van der Waals surface area contributed by atoms with Gasteiger partial charge in [0.15, 0.2) is 0 Å². The van der Waals surface area contributed by atoms with Crippen molar-refractivity contribution in [2.24, 2.45) is 0 Å². The van der Waals surface area contributed by atoms with E-state index in [1.54, 1.807) is 12.1 Å². The van der Waals surface area contributed by atoms with Crippen molar-refractivity contribution in [2.45, 2.75) is 31.4 Å². The molecule has 150 valence electrons. The molecule has 1 heterocycles. The Kier molecular flexibility index (Phi) is 11.2. The summed E-state index contributed by atoms with van der Waals surface area (Å²) in [5.74, 6) is -0.253. The van der Waals surface area contributed by atoms with Gasteiger partial charge in [-0.25, -0.2) is 0 Å². The topological polar surface area (TPSA) is 24.5 Å². The summed E-state index contributed by atoms with van der Waals surface area (Å²) in [5, 5.41) is 3.26. The average molecular weight is 419 g/mol. The predicted octanol–water partition coefficient (Wildman–Crippen LogP) is 4.68. The summed E-state index contributed by atoms with van der Waals surface area (Å²) in [6.45, 7) is 7.09. The number of hydrogen-bond acceptors (Lipinski definition) is 3. The van der Waals surface area contributed by atoms with Gasteiger partial charge in [-0.05, 0) is 30.5 Å². The quantitative estimate of drug-likeness (QED) is 0.489. The molecule has 0 aliphatic carbocycles. The number of piperazine rings is 1. The lowest BCUT2D eigenvalue weighted by Gasteiger charge is -2.35. The molecule has 0 saturated carbocycles. The summed E-state index contributed by atoms with van der Waals surface area (Å²) in [7, 11) is 0. The van der Waals surface area contributed by atoms with Crippen molar-refractivity contribution >= 4 is 24.8 Å². The molecule has 0 bridgehead atoms. The highest BCUT2D eigenvalue weighted by molar-refractivity contribution is 5.85. The molecule has 0 spiro atoms. The number of alkyl halides is 4. The van der Waals surface area contributed by atoms with Gasteiger partial charge in [0, 0.05) is 32.2 Å². The van der Waals surface area contributed by atoms with Crippen molar-refractivity contribution in [3.63, 3.8) is 0 Å². The summed E-state index contributed by atoms with van der Waals surface area (Å²) < 4.78 is 55.1. The number of benzene rings is 1. The highest BCUT2D eigenvalue weighted by Crippen LogP contribution is 2.32. The highest BCUT2D eigenvalue weighted by atomic mass is 35.5. The van der Waals surface area contributed by atoms with Crippen molar-refractivity contribution < 1.29 is 22.3 Å². The molecule has 1 saturated heterocycles. The molecule has 1 aromatic carbocycles. The summed E-state index contributed by atoms with van der Waals surface area (Å²) in [6, 6.07) is 6.06. The zero-order valence-corrected chi connectivity index (χ0v) is 15.8. The second-order valence-electron chi connectivity index (χ2n) is 5.70. The monoisotopic (exact) mass is 418 g/mol. The third-order valence-electron chi connectivity index (χ3n) is 3.99. The first kappa shape index (κ1) is 25.0. The minimum absolute atomic E-state index is 0. The van der Waals surface area contributed by atoms with E-state index in [1.807, 2.05) is 6.07 Å². The molecule has 1 atom stereocenters. The molecule has 0 aromatic heterocycles. The van der Waals surface area contributed by atoms with E-state index in [1.165, 1.54) is 12.1 Å². The fraction of sp³-hybridized carbons (Fsp3) is 0.529. The summed E-state index contributed by atoms with van der Waals surface area (Å²) in [4.78, 5) is 2.25. The maximum Gasteiger partial charge on any atom is 0.461 e. The largest absolute Gasteiger partial charge is 0.461 e. The van der Waals surface area contributed by atoms with Crippen molar-refractivity contribution in [2.75, 3.05) is 26.2 Å². The van der Waals surface area contributed by atoms with Crippen LogP contribution in [-0.4, -0.2) is 43.6 Å². The van der Waals surface area contributed by atoms with Crippen LogP contribution in [0.2, 0.25) is 0 Å². The number of halogens is 6. The maximum absolute atomic E-state index is 13.1. The zero-order chi connectivity index (χ0) is 17.6. The van der Waals surface area contributed by atoms with Crippen LogP contribution in [0.4, 0.5) is 17.6 Å². The first-order chi connectivity index (χ1) is 11.4. The second-order valence-corrected chi connectivity index (χ2v) is 5.70. The van der Waals surface area contributed by atoms with Gasteiger partial charge in [0.05, 0.1) is 0 Å². The minimum Gasteiger partial charge on any atom is -0.428 e. The van der Waals surface area contributed by atoms with E-state index < -0.39 is 12.5 Å². The van der Waals surface area contributed by atoms with Crippen LogP contribution in [-0.2, 0) is 0 Å². The fourth-order valence-corrected chi connectivity index (χ4v) is 2.82. The van der Waals surface area contributed by atoms with E-state index in [0.29, 0.717) is 0 Å². The third-order valence-corrected chi connectivity index (χ3v) is 3.99. The number of nitrogens with one attached hydrogen (secondary N) is 1. The van der Waals surface area contributed by atoms with Gasteiger partial charge in [-0.2, -0.15) is 17.6 Å². The second kappa shape index (κ2) is 11.6. The Hall–Kier alpha value is -1.02. The molecule has 0 radical (unpaired) electrons. The van der Waals surface area contributed by atoms with Gasteiger partial charge >= 0.3 is 12.5 Å². The third kappa shape index (κ3) is 6.95. The van der Waals surface area contributed by atoms with Gasteiger partial charge in [-0.3, -0.25) is 4.90 Å². The molecule has 9 heteroatoms. The van der Waals surface area contributed by atoms with E-state index >= 15 is 0 Å². The number of nitrogens with zero attached hydrogens (tertiary/aromatic N) is 1. The van der Waals surface area contributed by atoms with Crippen LogP contribution >= 0.6 is 24.8 Å². The lowest BCUT2D eigenvalue weighted by atomic mass is 9.99. The zero-order valence-electron chi connectivity index (χ0n) is 14.2. The Labute approximate surface area is 163 Å². The molecule has 3 nitrogen and oxygen atoms in total. The van der Waals surface area contributed by atoms with Crippen LogP contribution in [0, 0.1) is 0 Å². The van der Waals surface area contributed by atoms with Gasteiger partial charge in [0.2, 0.25) is 0 Å². The Morgan fingerprint density at radius 2 is 1.88 bits per heavy atom. The summed E-state index contributed by atoms with van der Waals surface area (Å²) in [5.41, 5.74) is 0.779. The molecule has 0 amide bonds. The van der Waals surface area contributed by atoms with Gasteiger partial charge in [-0.1, -0.05) is 18.2 Å². The molecular formula is C17H24Cl2F4N2O. The molecular weight excluding hydrogens is 395 g/mol. The van der Waals surface area contributed by atoms with Crippen LogP contribution in [0.5, 0.6) is 5.75 Å². The molecule has 1 fully saturated rings. The minimum atomic E-state index is -4.50. The summed E-state index contributed by atoms with van der Waals surface area (Å²) >= 11 is 0. The molecule has 0 unspecified atom stereocenters. The van der Waals surface area contributed by atoms with Crippen molar-refractivity contribution in [3.8, 4) is 5.75 Å². The standard InChI is InChI=1S/C17H22F4N2O.2ClH/c1-2-3-7-15(23-10-8-22-9-11-23)13-5-4-6-14(12-13)24-17(20,21)16(18)19;;/h2,4-6,12,15-16,22H,1,3,7-11H2;2*1H/t15-;;/m1../s1. The van der Waals surface area contributed by atoms with Gasteiger partial charge in [0.1, 0.15) is 5.75 Å². The van der Waals surface area contributed by atoms with Crippen LogP contribution in [0.3, 0.4) is 0 Å². The molecule has 1 aliphatic heterocycles. The molecule has 1 aliphatic rings. The van der Waals surface area contributed by atoms with E-state index in [2.05, 4.69) is 21.5 Å². The number of ether oxygens (including phenoxy) is 1. The normalized spacial score (nSPS) is 16.3. The van der Waals surface area contributed by atoms with Gasteiger partial charge in [0.25, 0.3) is 0 Å². The smallest absolute Gasteiger partial charge is 0.428 e. The van der Waals surface area contributed by atoms with E-state index in [0.717, 1.165) is 44.6 Å². The van der Waals surface area contributed by atoms with Crippen molar-refractivity contribution in [1.29, 1.82) is 0 Å². The first-order valence-electron chi connectivity index (χ1n) is 7.94. The molecule has 1 N–H and O–H groups in total.